The molecule has 2 rings (SSSR count). The summed E-state index contributed by atoms with van der Waals surface area (Å²) in [5.41, 5.74) is 0.454. The van der Waals surface area contributed by atoms with Crippen molar-refractivity contribution in [2.45, 2.75) is 44.0 Å². The average molecular weight is 212 g/mol. The second-order valence-electron chi connectivity index (χ2n) is 4.23. The molecule has 0 bridgehead atoms. The number of hydrogen-bond acceptors (Lipinski definition) is 2. The number of thioether (sulfide) groups is 1. The molecule has 2 aliphatic rings. The van der Waals surface area contributed by atoms with Gasteiger partial charge in [-0.1, -0.05) is 31.4 Å². The first-order chi connectivity index (χ1) is 6.95. The molecule has 2 heteroatoms. The van der Waals surface area contributed by atoms with Crippen LogP contribution >= 0.6 is 11.8 Å². The standard InChI is InChI=1S/C12H20OS/c1-2-5-11(6-3-1)7-4-8-12-13-9-10-14-12/h4,7,11-12H,1-3,5-6,8-10H2/b7-4+. The summed E-state index contributed by atoms with van der Waals surface area (Å²) in [6.07, 6.45) is 13.0. The third-order valence-corrected chi connectivity index (χ3v) is 4.18. The van der Waals surface area contributed by atoms with Gasteiger partial charge in [0.2, 0.25) is 0 Å². The lowest BCUT2D eigenvalue weighted by atomic mass is 9.89. The summed E-state index contributed by atoms with van der Waals surface area (Å²) in [7, 11) is 0. The smallest absolute Gasteiger partial charge is 0.106 e. The van der Waals surface area contributed by atoms with E-state index in [0.717, 1.165) is 18.9 Å². The van der Waals surface area contributed by atoms with Crippen LogP contribution in [0.5, 0.6) is 0 Å². The number of allylic oxidation sites excluding steroid dienone is 1. The van der Waals surface area contributed by atoms with E-state index in [0.29, 0.717) is 5.44 Å². The van der Waals surface area contributed by atoms with Crippen LogP contribution in [0.3, 0.4) is 0 Å². The zero-order chi connectivity index (χ0) is 9.64. The molecule has 0 aromatic heterocycles. The van der Waals surface area contributed by atoms with E-state index in [2.05, 4.69) is 12.2 Å². The largest absolute Gasteiger partial charge is 0.366 e. The van der Waals surface area contributed by atoms with Crippen molar-refractivity contribution < 1.29 is 4.74 Å². The van der Waals surface area contributed by atoms with Crippen molar-refractivity contribution >= 4 is 11.8 Å². The van der Waals surface area contributed by atoms with Gasteiger partial charge in [-0.15, -0.1) is 11.8 Å². The molecule has 1 aliphatic heterocycles. The van der Waals surface area contributed by atoms with E-state index in [-0.39, 0.29) is 0 Å². The molecule has 1 aliphatic carbocycles. The van der Waals surface area contributed by atoms with Gasteiger partial charge in [0, 0.05) is 12.2 Å². The molecule has 1 saturated heterocycles. The Bertz CT molecular complexity index is 179. The second-order valence-corrected chi connectivity index (χ2v) is 5.50. The summed E-state index contributed by atoms with van der Waals surface area (Å²) in [5.74, 6) is 2.05. The van der Waals surface area contributed by atoms with Crippen molar-refractivity contribution in [3.8, 4) is 0 Å². The number of hydrogen-bond donors (Lipinski definition) is 0. The molecular weight excluding hydrogens is 192 g/mol. The van der Waals surface area contributed by atoms with Crippen molar-refractivity contribution in [1.82, 2.24) is 0 Å². The van der Waals surface area contributed by atoms with Gasteiger partial charge in [0.05, 0.1) is 6.61 Å². The lowest BCUT2D eigenvalue weighted by Gasteiger charge is -2.17. The first kappa shape index (κ1) is 10.6. The minimum Gasteiger partial charge on any atom is -0.366 e. The Hall–Kier alpha value is 0.0500. The molecule has 2 fully saturated rings. The summed E-state index contributed by atoms with van der Waals surface area (Å²) in [4.78, 5) is 0. The lowest BCUT2D eigenvalue weighted by molar-refractivity contribution is 0.145. The maximum atomic E-state index is 5.55. The van der Waals surface area contributed by atoms with Crippen molar-refractivity contribution in [3.05, 3.63) is 12.2 Å². The van der Waals surface area contributed by atoms with Gasteiger partial charge < -0.3 is 4.74 Å². The Balaban J connectivity index is 1.65. The average Bonchev–Trinajstić information content (AvgIpc) is 2.72. The summed E-state index contributed by atoms with van der Waals surface area (Å²) in [6, 6.07) is 0. The molecule has 1 saturated carbocycles. The first-order valence-electron chi connectivity index (χ1n) is 5.85. The van der Waals surface area contributed by atoms with Crippen molar-refractivity contribution in [3.63, 3.8) is 0 Å². The quantitative estimate of drug-likeness (QED) is 0.661. The molecule has 1 nitrogen and oxygen atoms in total. The van der Waals surface area contributed by atoms with Gasteiger partial charge in [-0.2, -0.15) is 0 Å². The summed E-state index contributed by atoms with van der Waals surface area (Å²) in [5, 5.41) is 0. The molecule has 1 heterocycles. The zero-order valence-electron chi connectivity index (χ0n) is 8.78. The van der Waals surface area contributed by atoms with E-state index < -0.39 is 0 Å². The van der Waals surface area contributed by atoms with Crippen molar-refractivity contribution in [2.24, 2.45) is 5.92 Å². The molecule has 14 heavy (non-hydrogen) atoms. The lowest BCUT2D eigenvalue weighted by Crippen LogP contribution is -2.03. The van der Waals surface area contributed by atoms with Gasteiger partial charge in [-0.3, -0.25) is 0 Å². The number of rotatable bonds is 3. The molecule has 80 valence electrons. The molecule has 0 amide bonds. The summed E-state index contributed by atoms with van der Waals surface area (Å²) in [6.45, 7) is 0.951. The zero-order valence-corrected chi connectivity index (χ0v) is 9.60. The van der Waals surface area contributed by atoms with Crippen LogP contribution in [-0.4, -0.2) is 17.8 Å². The van der Waals surface area contributed by atoms with Crippen molar-refractivity contribution in [2.75, 3.05) is 12.4 Å². The minimum atomic E-state index is 0.454. The maximum Gasteiger partial charge on any atom is 0.106 e. The molecule has 0 radical (unpaired) electrons. The topological polar surface area (TPSA) is 9.23 Å². The maximum absolute atomic E-state index is 5.55. The molecular formula is C12H20OS. The SMILES string of the molecule is C(=C\C1CCCCC1)/CC1OCCS1. The van der Waals surface area contributed by atoms with Crippen molar-refractivity contribution in [1.29, 1.82) is 0 Å². The monoisotopic (exact) mass is 212 g/mol. The van der Waals surface area contributed by atoms with E-state index in [1.165, 1.54) is 37.9 Å². The van der Waals surface area contributed by atoms with Crippen LogP contribution in [0.2, 0.25) is 0 Å². The van der Waals surface area contributed by atoms with E-state index in [4.69, 9.17) is 4.74 Å². The van der Waals surface area contributed by atoms with E-state index >= 15 is 0 Å². The van der Waals surface area contributed by atoms with Crippen LogP contribution in [0.15, 0.2) is 12.2 Å². The predicted octanol–water partition coefficient (Wildman–Crippen LogP) is 3.60. The molecule has 0 aromatic carbocycles. The molecule has 0 N–H and O–H groups in total. The third kappa shape index (κ3) is 3.32. The summed E-state index contributed by atoms with van der Waals surface area (Å²) < 4.78 is 5.55. The van der Waals surface area contributed by atoms with Crippen LogP contribution < -0.4 is 0 Å². The van der Waals surface area contributed by atoms with Crippen LogP contribution in [-0.2, 0) is 4.74 Å². The second kappa shape index (κ2) is 5.82. The van der Waals surface area contributed by atoms with Crippen LogP contribution in [0.4, 0.5) is 0 Å². The van der Waals surface area contributed by atoms with Crippen LogP contribution in [0.1, 0.15) is 38.5 Å². The molecule has 0 aromatic rings. The molecule has 1 unspecified atom stereocenters. The third-order valence-electron chi connectivity index (χ3n) is 3.08. The Morgan fingerprint density at radius 2 is 2.07 bits per heavy atom. The van der Waals surface area contributed by atoms with Gasteiger partial charge in [-0.25, -0.2) is 0 Å². The minimum absolute atomic E-state index is 0.454. The molecule has 1 atom stereocenters. The highest BCUT2D eigenvalue weighted by atomic mass is 32.2. The Labute approximate surface area is 91.3 Å². The highest BCUT2D eigenvalue weighted by Crippen LogP contribution is 2.26. The first-order valence-corrected chi connectivity index (χ1v) is 6.90. The Morgan fingerprint density at radius 3 is 2.79 bits per heavy atom. The highest BCUT2D eigenvalue weighted by Gasteiger charge is 2.14. The normalized spacial score (nSPS) is 30.1. The fraction of sp³-hybridized carbons (Fsp3) is 0.833. The predicted molar refractivity (Wildman–Crippen MR) is 62.5 cm³/mol. The van der Waals surface area contributed by atoms with Gasteiger partial charge in [0.25, 0.3) is 0 Å². The van der Waals surface area contributed by atoms with Gasteiger partial charge >= 0.3 is 0 Å². The highest BCUT2D eigenvalue weighted by molar-refractivity contribution is 7.99. The van der Waals surface area contributed by atoms with Gasteiger partial charge in [-0.05, 0) is 18.8 Å². The van der Waals surface area contributed by atoms with E-state index in [1.54, 1.807) is 0 Å². The van der Waals surface area contributed by atoms with Gasteiger partial charge in [0.15, 0.2) is 0 Å². The van der Waals surface area contributed by atoms with E-state index in [1.807, 2.05) is 11.8 Å². The molecule has 0 spiro atoms. The number of ether oxygens (including phenoxy) is 1. The fourth-order valence-corrected chi connectivity index (χ4v) is 3.15. The van der Waals surface area contributed by atoms with Crippen LogP contribution in [0, 0.1) is 5.92 Å². The van der Waals surface area contributed by atoms with Gasteiger partial charge in [0.1, 0.15) is 5.44 Å². The summed E-state index contributed by atoms with van der Waals surface area (Å²) >= 11 is 1.96. The fourth-order valence-electron chi connectivity index (χ4n) is 2.25. The van der Waals surface area contributed by atoms with Crippen LogP contribution in [0.25, 0.3) is 0 Å². The Kier molecular flexibility index (Phi) is 4.39. The Morgan fingerprint density at radius 1 is 1.21 bits per heavy atom. The van der Waals surface area contributed by atoms with E-state index in [9.17, 15) is 0 Å².